The molecule has 0 bridgehead atoms. The molecule has 118 valence electrons. The van der Waals surface area contributed by atoms with Crippen LogP contribution in [0.4, 0.5) is 0 Å². The van der Waals surface area contributed by atoms with Gasteiger partial charge in [-0.2, -0.15) is 4.31 Å². The van der Waals surface area contributed by atoms with Crippen LogP contribution in [0.5, 0.6) is 5.75 Å². The normalized spacial score (nSPS) is 17.9. The summed E-state index contributed by atoms with van der Waals surface area (Å²) in [5.74, 6) is 0.566. The Morgan fingerprint density at radius 1 is 1.29 bits per heavy atom. The molecule has 0 saturated carbocycles. The monoisotopic (exact) mass is 377 g/mol. The van der Waals surface area contributed by atoms with E-state index in [1.54, 1.807) is 22.5 Å². The van der Waals surface area contributed by atoms with Crippen molar-refractivity contribution in [2.45, 2.75) is 18.7 Å². The average molecular weight is 378 g/mol. The molecule has 0 aliphatic carbocycles. The number of ether oxygens (including phenoxy) is 1. The summed E-state index contributed by atoms with van der Waals surface area (Å²) in [5.41, 5.74) is 0. The van der Waals surface area contributed by atoms with Gasteiger partial charge in [0, 0.05) is 6.07 Å². The minimum atomic E-state index is -3.43. The van der Waals surface area contributed by atoms with Crippen molar-refractivity contribution in [3.63, 3.8) is 0 Å². The van der Waals surface area contributed by atoms with Crippen LogP contribution >= 0.6 is 15.9 Å². The lowest BCUT2D eigenvalue weighted by Crippen LogP contribution is -3.14. The Kier molecular flexibility index (Phi) is 5.65. The Bertz CT molecular complexity index is 584. The Labute approximate surface area is 135 Å². The minimum Gasteiger partial charge on any atom is -0.493 e. The fourth-order valence-corrected chi connectivity index (χ4v) is 4.27. The molecule has 7 heteroatoms. The van der Waals surface area contributed by atoms with Crippen LogP contribution in [0.1, 0.15) is 13.8 Å². The van der Waals surface area contributed by atoms with Crippen molar-refractivity contribution < 1.29 is 18.1 Å². The van der Waals surface area contributed by atoms with Gasteiger partial charge in [0.1, 0.15) is 5.75 Å². The zero-order valence-electron chi connectivity index (χ0n) is 12.4. The molecule has 0 aromatic heterocycles. The van der Waals surface area contributed by atoms with Crippen molar-refractivity contribution in [2.75, 3.05) is 39.3 Å². The largest absolute Gasteiger partial charge is 0.493 e. The van der Waals surface area contributed by atoms with E-state index in [1.807, 2.05) is 6.92 Å². The van der Waals surface area contributed by atoms with Gasteiger partial charge in [-0.15, -0.1) is 0 Å². The molecule has 1 aliphatic rings. The van der Waals surface area contributed by atoms with Crippen molar-refractivity contribution >= 4 is 26.0 Å². The van der Waals surface area contributed by atoms with E-state index < -0.39 is 10.0 Å². The van der Waals surface area contributed by atoms with Crippen LogP contribution < -0.4 is 9.64 Å². The van der Waals surface area contributed by atoms with E-state index in [9.17, 15) is 8.42 Å². The smallest absolute Gasteiger partial charge is 0.243 e. The van der Waals surface area contributed by atoms with Crippen LogP contribution in [0, 0.1) is 0 Å². The van der Waals surface area contributed by atoms with E-state index in [4.69, 9.17) is 4.74 Å². The summed E-state index contributed by atoms with van der Waals surface area (Å²) >= 11 is 3.37. The lowest BCUT2D eigenvalue weighted by molar-refractivity contribution is -0.901. The highest BCUT2D eigenvalue weighted by Crippen LogP contribution is 2.29. The Hall–Kier alpha value is -0.630. The third-order valence-electron chi connectivity index (χ3n) is 3.77. The molecule has 5 nitrogen and oxygen atoms in total. The van der Waals surface area contributed by atoms with Gasteiger partial charge >= 0.3 is 0 Å². The number of nitrogens with zero attached hydrogens (tertiary/aromatic N) is 1. The van der Waals surface area contributed by atoms with Crippen molar-refractivity contribution in [3.05, 3.63) is 22.7 Å². The molecule has 1 aromatic carbocycles. The summed E-state index contributed by atoms with van der Waals surface area (Å²) in [4.78, 5) is 1.75. The van der Waals surface area contributed by atoms with E-state index in [-0.39, 0.29) is 0 Å². The summed E-state index contributed by atoms with van der Waals surface area (Å²) in [6.45, 7) is 8.43. The molecule has 21 heavy (non-hydrogen) atoms. The molecule has 1 N–H and O–H groups in total. The second-order valence-corrected chi connectivity index (χ2v) is 7.83. The average Bonchev–Trinajstić information content (AvgIpc) is 2.49. The number of sulfonamides is 1. The predicted octanol–water partition coefficient (Wildman–Crippen LogP) is 0.757. The van der Waals surface area contributed by atoms with Gasteiger partial charge < -0.3 is 9.64 Å². The maximum Gasteiger partial charge on any atom is 0.243 e. The van der Waals surface area contributed by atoms with E-state index in [0.717, 1.165) is 24.1 Å². The van der Waals surface area contributed by atoms with Gasteiger partial charge in [0.15, 0.2) is 0 Å². The number of rotatable bonds is 5. The molecule has 1 saturated heterocycles. The molecule has 0 radical (unpaired) electrons. The first-order valence-electron chi connectivity index (χ1n) is 7.25. The first-order chi connectivity index (χ1) is 9.98. The Morgan fingerprint density at radius 3 is 2.52 bits per heavy atom. The lowest BCUT2D eigenvalue weighted by atomic mass is 10.3. The Balaban J connectivity index is 2.22. The van der Waals surface area contributed by atoms with Gasteiger partial charge in [-0.05, 0) is 41.9 Å². The van der Waals surface area contributed by atoms with Gasteiger partial charge in [0.2, 0.25) is 10.0 Å². The highest BCUT2D eigenvalue weighted by molar-refractivity contribution is 9.10. The zero-order chi connectivity index (χ0) is 15.5. The fraction of sp³-hybridized carbons (Fsp3) is 0.571. The molecular formula is C14H22BrN2O3S+. The number of nitrogens with one attached hydrogen (secondary N) is 1. The van der Waals surface area contributed by atoms with Crippen molar-refractivity contribution in [2.24, 2.45) is 0 Å². The molecule has 0 spiro atoms. The number of hydrogen-bond donors (Lipinski definition) is 1. The molecule has 1 heterocycles. The van der Waals surface area contributed by atoms with E-state index in [1.165, 1.54) is 4.90 Å². The first kappa shape index (κ1) is 16.7. The van der Waals surface area contributed by atoms with Crippen LogP contribution in [0.15, 0.2) is 27.6 Å². The van der Waals surface area contributed by atoms with E-state index in [2.05, 4.69) is 22.9 Å². The molecule has 0 amide bonds. The number of piperazine rings is 1. The number of likely N-dealkylation sites (N-methyl/N-ethyl adjacent to an activating group) is 1. The van der Waals surface area contributed by atoms with Gasteiger partial charge in [0.25, 0.3) is 0 Å². The quantitative estimate of drug-likeness (QED) is 0.823. The molecule has 1 aliphatic heterocycles. The van der Waals surface area contributed by atoms with E-state index in [0.29, 0.717) is 30.3 Å². The third-order valence-corrected chi connectivity index (χ3v) is 6.32. The first-order valence-corrected chi connectivity index (χ1v) is 9.48. The molecular weight excluding hydrogens is 356 g/mol. The van der Waals surface area contributed by atoms with Gasteiger partial charge in [-0.3, -0.25) is 0 Å². The van der Waals surface area contributed by atoms with E-state index >= 15 is 0 Å². The number of halogens is 1. The van der Waals surface area contributed by atoms with Crippen molar-refractivity contribution in [1.82, 2.24) is 4.31 Å². The van der Waals surface area contributed by atoms with Crippen molar-refractivity contribution in [3.8, 4) is 5.75 Å². The zero-order valence-corrected chi connectivity index (χ0v) is 14.8. The fourth-order valence-electron chi connectivity index (χ4n) is 2.46. The van der Waals surface area contributed by atoms with Crippen LogP contribution in [-0.4, -0.2) is 52.1 Å². The maximum absolute atomic E-state index is 12.7. The Morgan fingerprint density at radius 2 is 1.95 bits per heavy atom. The van der Waals surface area contributed by atoms with Crippen molar-refractivity contribution in [1.29, 1.82) is 0 Å². The SMILES string of the molecule is CCOc1cc(S(=O)(=O)N2CC[NH+](CC)CC2)ccc1Br. The third kappa shape index (κ3) is 3.77. The summed E-state index contributed by atoms with van der Waals surface area (Å²) in [6.07, 6.45) is 0. The molecule has 1 fully saturated rings. The molecule has 1 aromatic rings. The number of benzene rings is 1. The molecule has 0 unspecified atom stereocenters. The highest BCUT2D eigenvalue weighted by atomic mass is 79.9. The second-order valence-electron chi connectivity index (χ2n) is 5.03. The predicted molar refractivity (Wildman–Crippen MR) is 85.3 cm³/mol. The van der Waals surface area contributed by atoms with Crippen LogP contribution in [0.25, 0.3) is 0 Å². The summed E-state index contributed by atoms with van der Waals surface area (Å²) in [7, 11) is -3.43. The standard InChI is InChI=1S/C14H21BrN2O3S/c1-3-16-7-9-17(10-8-16)21(18,19)12-5-6-13(15)14(11-12)20-4-2/h5-6,11H,3-4,7-10H2,1-2H3/p+1. The van der Waals surface area contributed by atoms with Gasteiger partial charge in [-0.25, -0.2) is 8.42 Å². The summed E-state index contributed by atoms with van der Waals surface area (Å²) < 4.78 is 33.2. The second kappa shape index (κ2) is 7.09. The highest BCUT2D eigenvalue weighted by Gasteiger charge is 2.30. The molecule has 0 atom stereocenters. The topological polar surface area (TPSA) is 51.1 Å². The summed E-state index contributed by atoms with van der Waals surface area (Å²) in [6, 6.07) is 4.95. The van der Waals surface area contributed by atoms with Crippen LogP contribution in [-0.2, 0) is 10.0 Å². The van der Waals surface area contributed by atoms with Gasteiger partial charge in [0.05, 0.1) is 48.7 Å². The maximum atomic E-state index is 12.7. The molecule has 2 rings (SSSR count). The van der Waals surface area contributed by atoms with Gasteiger partial charge in [-0.1, -0.05) is 0 Å². The summed E-state index contributed by atoms with van der Waals surface area (Å²) in [5, 5.41) is 0. The number of hydrogen-bond acceptors (Lipinski definition) is 3. The van der Waals surface area contributed by atoms with Crippen LogP contribution in [0.3, 0.4) is 0 Å². The number of quaternary nitrogens is 1. The minimum absolute atomic E-state index is 0.300. The lowest BCUT2D eigenvalue weighted by Gasteiger charge is -2.30. The van der Waals surface area contributed by atoms with Crippen LogP contribution in [0.2, 0.25) is 0 Å².